The zero-order valence-corrected chi connectivity index (χ0v) is 14.9. The molecule has 2 N–H and O–H groups in total. The largest absolute Gasteiger partial charge is 0.351 e. The van der Waals surface area contributed by atoms with E-state index in [0.717, 1.165) is 24.9 Å². The normalized spacial score (nSPS) is 21.6. The second-order valence-electron chi connectivity index (χ2n) is 7.65. The minimum absolute atomic E-state index is 0.0852. The third-order valence-corrected chi connectivity index (χ3v) is 5.08. The molecule has 1 aromatic carbocycles. The number of hydrogen-bond donors (Lipinski definition) is 2. The Kier molecular flexibility index (Phi) is 6.27. The molecule has 132 valence electrons. The molecule has 0 radical (unpaired) electrons. The number of piperidine rings is 1. The number of likely N-dealkylation sites (tertiary alicyclic amines) is 1. The van der Waals surface area contributed by atoms with Gasteiger partial charge in [-0.1, -0.05) is 31.2 Å². The first kappa shape index (κ1) is 17.4. The van der Waals surface area contributed by atoms with E-state index in [1.165, 1.54) is 49.9 Å². The quantitative estimate of drug-likeness (QED) is 0.770. The molecule has 0 bridgehead atoms. The van der Waals surface area contributed by atoms with Crippen LogP contribution < -0.4 is 10.6 Å². The van der Waals surface area contributed by atoms with E-state index in [1.807, 2.05) is 0 Å². The highest BCUT2D eigenvalue weighted by Crippen LogP contribution is 2.27. The van der Waals surface area contributed by atoms with Gasteiger partial charge in [0, 0.05) is 19.6 Å². The molecule has 1 aliphatic carbocycles. The monoisotopic (exact) mass is 329 g/mol. The Morgan fingerprint density at radius 2 is 1.92 bits per heavy atom. The van der Waals surface area contributed by atoms with Crippen molar-refractivity contribution in [2.24, 2.45) is 11.8 Å². The van der Waals surface area contributed by atoms with Gasteiger partial charge in [0.2, 0.25) is 5.91 Å². The predicted octanol–water partition coefficient (Wildman–Crippen LogP) is 2.53. The van der Waals surface area contributed by atoms with Gasteiger partial charge < -0.3 is 10.6 Å². The van der Waals surface area contributed by atoms with Crippen molar-refractivity contribution < 1.29 is 4.79 Å². The molecule has 0 aromatic heterocycles. The van der Waals surface area contributed by atoms with Crippen LogP contribution in [0.5, 0.6) is 0 Å². The van der Waals surface area contributed by atoms with E-state index in [2.05, 4.69) is 46.7 Å². The van der Waals surface area contributed by atoms with Crippen LogP contribution in [0.4, 0.5) is 0 Å². The lowest BCUT2D eigenvalue weighted by Gasteiger charge is -2.30. The fourth-order valence-electron chi connectivity index (χ4n) is 3.43. The highest BCUT2D eigenvalue weighted by Gasteiger charge is 2.20. The van der Waals surface area contributed by atoms with E-state index in [0.29, 0.717) is 13.1 Å². The summed E-state index contributed by atoms with van der Waals surface area (Å²) >= 11 is 0. The average Bonchev–Trinajstić information content (AvgIpc) is 3.39. The van der Waals surface area contributed by atoms with Crippen molar-refractivity contribution in [2.45, 2.75) is 45.7 Å². The SMILES string of the molecule is CC1CCCN(Cc2ccc(CNC(=O)CNCC3CC3)cc2)C1. The molecule has 1 heterocycles. The molecule has 4 heteroatoms. The lowest BCUT2D eigenvalue weighted by molar-refractivity contribution is -0.120. The summed E-state index contributed by atoms with van der Waals surface area (Å²) in [4.78, 5) is 14.4. The Hall–Kier alpha value is -1.39. The molecule has 1 atom stereocenters. The molecule has 3 rings (SSSR count). The van der Waals surface area contributed by atoms with Gasteiger partial charge in [-0.25, -0.2) is 0 Å². The van der Waals surface area contributed by atoms with Gasteiger partial charge in [0.1, 0.15) is 0 Å². The molecule has 24 heavy (non-hydrogen) atoms. The molecule has 1 aliphatic heterocycles. The molecular weight excluding hydrogens is 298 g/mol. The molecular formula is C20H31N3O. The van der Waals surface area contributed by atoms with Crippen molar-refractivity contribution >= 4 is 5.91 Å². The number of benzene rings is 1. The number of hydrogen-bond acceptors (Lipinski definition) is 3. The van der Waals surface area contributed by atoms with Gasteiger partial charge in [-0.3, -0.25) is 9.69 Å². The number of nitrogens with one attached hydrogen (secondary N) is 2. The summed E-state index contributed by atoms with van der Waals surface area (Å²) in [6.45, 7) is 7.85. The lowest BCUT2D eigenvalue weighted by atomic mass is 9.99. The first-order valence-corrected chi connectivity index (χ1v) is 9.46. The Balaban J connectivity index is 1.36. The van der Waals surface area contributed by atoms with Gasteiger partial charge in [0.05, 0.1) is 6.54 Å². The van der Waals surface area contributed by atoms with Crippen LogP contribution in [-0.4, -0.2) is 37.0 Å². The molecule has 2 fully saturated rings. The fourth-order valence-corrected chi connectivity index (χ4v) is 3.43. The first-order chi connectivity index (χ1) is 11.7. The van der Waals surface area contributed by atoms with Gasteiger partial charge in [-0.2, -0.15) is 0 Å². The maximum absolute atomic E-state index is 11.8. The van der Waals surface area contributed by atoms with Crippen molar-refractivity contribution in [3.63, 3.8) is 0 Å². The number of rotatable bonds is 8. The van der Waals surface area contributed by atoms with E-state index in [4.69, 9.17) is 0 Å². The van der Waals surface area contributed by atoms with Crippen LogP contribution in [0.15, 0.2) is 24.3 Å². The van der Waals surface area contributed by atoms with Crippen LogP contribution in [0.25, 0.3) is 0 Å². The number of nitrogens with zero attached hydrogens (tertiary/aromatic N) is 1. The second-order valence-corrected chi connectivity index (χ2v) is 7.65. The third-order valence-electron chi connectivity index (χ3n) is 5.08. The Morgan fingerprint density at radius 1 is 1.17 bits per heavy atom. The zero-order chi connectivity index (χ0) is 16.8. The van der Waals surface area contributed by atoms with E-state index in [9.17, 15) is 4.79 Å². The molecule has 2 aliphatic rings. The smallest absolute Gasteiger partial charge is 0.234 e. The van der Waals surface area contributed by atoms with Crippen LogP contribution in [0, 0.1) is 11.8 Å². The average molecular weight is 329 g/mol. The van der Waals surface area contributed by atoms with E-state index in [1.54, 1.807) is 0 Å². The molecule has 1 amide bonds. The van der Waals surface area contributed by atoms with Crippen molar-refractivity contribution in [1.29, 1.82) is 0 Å². The van der Waals surface area contributed by atoms with Crippen LogP contribution in [0.2, 0.25) is 0 Å². The first-order valence-electron chi connectivity index (χ1n) is 9.46. The van der Waals surface area contributed by atoms with Gasteiger partial charge in [0.15, 0.2) is 0 Å². The minimum Gasteiger partial charge on any atom is -0.351 e. The number of amides is 1. The summed E-state index contributed by atoms with van der Waals surface area (Å²) in [6.07, 6.45) is 5.32. The second kappa shape index (κ2) is 8.63. The van der Waals surface area contributed by atoms with Crippen LogP contribution >= 0.6 is 0 Å². The maximum Gasteiger partial charge on any atom is 0.234 e. The van der Waals surface area contributed by atoms with Crippen LogP contribution in [-0.2, 0) is 17.9 Å². The van der Waals surface area contributed by atoms with E-state index < -0.39 is 0 Å². The van der Waals surface area contributed by atoms with Gasteiger partial charge >= 0.3 is 0 Å². The van der Waals surface area contributed by atoms with Gasteiger partial charge in [-0.15, -0.1) is 0 Å². The predicted molar refractivity (Wildman–Crippen MR) is 97.6 cm³/mol. The third kappa shape index (κ3) is 5.91. The molecule has 1 saturated heterocycles. The molecule has 1 aromatic rings. The van der Waals surface area contributed by atoms with E-state index >= 15 is 0 Å². The highest BCUT2D eigenvalue weighted by atomic mass is 16.1. The summed E-state index contributed by atoms with van der Waals surface area (Å²) in [6, 6.07) is 8.68. The Bertz CT molecular complexity index is 524. The molecule has 0 spiro atoms. The summed E-state index contributed by atoms with van der Waals surface area (Å²) in [5, 5.41) is 6.21. The standard InChI is InChI=1S/C20H31N3O/c1-16-3-2-10-23(14-16)15-19-8-6-18(7-9-19)12-22-20(24)13-21-11-17-4-5-17/h6-9,16-17,21H,2-5,10-15H2,1H3,(H,22,24). The Labute approximate surface area is 146 Å². The summed E-state index contributed by atoms with van der Waals surface area (Å²) in [5.41, 5.74) is 2.53. The fraction of sp³-hybridized carbons (Fsp3) is 0.650. The van der Waals surface area contributed by atoms with Crippen LogP contribution in [0.3, 0.4) is 0 Å². The van der Waals surface area contributed by atoms with Gasteiger partial charge in [-0.05, 0) is 61.7 Å². The zero-order valence-electron chi connectivity index (χ0n) is 14.9. The summed E-state index contributed by atoms with van der Waals surface area (Å²) in [7, 11) is 0. The van der Waals surface area contributed by atoms with Crippen LogP contribution in [0.1, 0.15) is 43.7 Å². The van der Waals surface area contributed by atoms with E-state index in [-0.39, 0.29) is 5.91 Å². The number of carbonyl (C=O) groups is 1. The van der Waals surface area contributed by atoms with Crippen molar-refractivity contribution in [2.75, 3.05) is 26.2 Å². The van der Waals surface area contributed by atoms with Crippen molar-refractivity contribution in [3.05, 3.63) is 35.4 Å². The van der Waals surface area contributed by atoms with Gasteiger partial charge in [0.25, 0.3) is 0 Å². The highest BCUT2D eigenvalue weighted by molar-refractivity contribution is 5.77. The topological polar surface area (TPSA) is 44.4 Å². The number of carbonyl (C=O) groups excluding carboxylic acids is 1. The molecule has 1 unspecified atom stereocenters. The molecule has 4 nitrogen and oxygen atoms in total. The molecule has 1 saturated carbocycles. The summed E-state index contributed by atoms with van der Waals surface area (Å²) < 4.78 is 0. The minimum atomic E-state index is 0.0852. The Morgan fingerprint density at radius 3 is 2.62 bits per heavy atom. The lowest BCUT2D eigenvalue weighted by Crippen LogP contribution is -2.34. The van der Waals surface area contributed by atoms with Crippen molar-refractivity contribution in [3.8, 4) is 0 Å². The maximum atomic E-state index is 11.8. The summed E-state index contributed by atoms with van der Waals surface area (Å²) in [5.74, 6) is 1.72. The van der Waals surface area contributed by atoms with Crippen molar-refractivity contribution in [1.82, 2.24) is 15.5 Å².